The predicted octanol–water partition coefficient (Wildman–Crippen LogP) is 3.96. The molecular formula is C22H26N4O5S. The summed E-state index contributed by atoms with van der Waals surface area (Å²) in [6.45, 7) is 5.71. The summed E-state index contributed by atoms with van der Waals surface area (Å²) in [6, 6.07) is 6.25. The Bertz CT molecular complexity index is 1000. The van der Waals surface area contributed by atoms with E-state index in [2.05, 4.69) is 15.2 Å². The minimum Gasteiger partial charge on any atom is -0.466 e. The van der Waals surface area contributed by atoms with Gasteiger partial charge < -0.3 is 10.1 Å². The lowest BCUT2D eigenvalue weighted by molar-refractivity contribution is -0.384. The normalized spacial score (nSPS) is 16.8. The number of hydrogen-bond acceptors (Lipinski definition) is 8. The minimum atomic E-state index is -0.437. The van der Waals surface area contributed by atoms with Gasteiger partial charge in [-0.05, 0) is 50.1 Å². The van der Waals surface area contributed by atoms with Crippen LogP contribution in [0.1, 0.15) is 42.8 Å². The van der Waals surface area contributed by atoms with Crippen molar-refractivity contribution in [2.75, 3.05) is 25.0 Å². The van der Waals surface area contributed by atoms with Gasteiger partial charge >= 0.3 is 5.97 Å². The van der Waals surface area contributed by atoms with Gasteiger partial charge in [-0.3, -0.25) is 24.6 Å². The molecule has 0 aliphatic carbocycles. The Hall–Kier alpha value is -3.11. The maximum atomic E-state index is 12.2. The van der Waals surface area contributed by atoms with E-state index in [4.69, 9.17) is 4.74 Å². The fraction of sp³-hybridized carbons (Fsp3) is 0.409. The lowest BCUT2D eigenvalue weighted by Gasteiger charge is -2.31. The maximum absolute atomic E-state index is 12.2. The van der Waals surface area contributed by atoms with Crippen LogP contribution in [0.4, 0.5) is 10.8 Å². The van der Waals surface area contributed by atoms with Gasteiger partial charge in [-0.1, -0.05) is 17.4 Å². The number of likely N-dealkylation sites (tertiary alicyclic amines) is 1. The van der Waals surface area contributed by atoms with Gasteiger partial charge in [0.2, 0.25) is 5.91 Å². The van der Waals surface area contributed by atoms with Gasteiger partial charge in [0.1, 0.15) is 0 Å². The number of benzene rings is 1. The van der Waals surface area contributed by atoms with E-state index in [9.17, 15) is 19.7 Å². The molecule has 1 aliphatic rings. The van der Waals surface area contributed by atoms with Crippen LogP contribution >= 0.6 is 11.3 Å². The number of rotatable bonds is 8. The quantitative estimate of drug-likeness (QED) is 0.362. The van der Waals surface area contributed by atoms with Crippen LogP contribution in [0, 0.1) is 16.0 Å². The summed E-state index contributed by atoms with van der Waals surface area (Å²) >= 11 is 1.40. The number of aromatic nitrogens is 1. The zero-order valence-electron chi connectivity index (χ0n) is 18.1. The maximum Gasteiger partial charge on any atom is 0.310 e. The lowest BCUT2D eigenvalue weighted by Crippen LogP contribution is -2.38. The third kappa shape index (κ3) is 6.44. The Kier molecular flexibility index (Phi) is 8.07. The van der Waals surface area contributed by atoms with Crippen LogP contribution in [0.3, 0.4) is 0 Å². The minimum absolute atomic E-state index is 0.0331. The third-order valence-electron chi connectivity index (χ3n) is 5.04. The molecule has 1 aromatic heterocycles. The van der Waals surface area contributed by atoms with Gasteiger partial charge in [0, 0.05) is 37.0 Å². The Morgan fingerprint density at radius 2 is 2.09 bits per heavy atom. The smallest absolute Gasteiger partial charge is 0.310 e. The average molecular weight is 459 g/mol. The van der Waals surface area contributed by atoms with E-state index in [1.54, 1.807) is 12.1 Å². The lowest BCUT2D eigenvalue weighted by atomic mass is 9.98. The molecule has 0 saturated carbocycles. The largest absolute Gasteiger partial charge is 0.466 e. The predicted molar refractivity (Wildman–Crippen MR) is 123 cm³/mol. The van der Waals surface area contributed by atoms with Crippen LogP contribution in [0.5, 0.6) is 0 Å². The standard InChI is InChI=1S/C22H26N4O5S/c1-3-31-21(28)17-5-4-12-25(13-17)14-20-19(24-22(32-20)23-15(2)27)11-8-16-6-9-18(10-7-16)26(29)30/h6-11,17H,3-5,12-14H2,1-2H3,(H,23,24,27)/b11-8-/t17-/m0/s1. The molecule has 0 spiro atoms. The first-order chi connectivity index (χ1) is 15.4. The summed E-state index contributed by atoms with van der Waals surface area (Å²) in [5.41, 5.74) is 1.55. The van der Waals surface area contributed by atoms with Crippen LogP contribution in [0.25, 0.3) is 12.2 Å². The summed E-state index contributed by atoms with van der Waals surface area (Å²) in [5, 5.41) is 14.1. The summed E-state index contributed by atoms with van der Waals surface area (Å²) in [5.74, 6) is -0.485. The van der Waals surface area contributed by atoms with Gasteiger partial charge in [0.25, 0.3) is 5.69 Å². The molecule has 10 heteroatoms. The number of hydrogen-bond donors (Lipinski definition) is 1. The molecule has 0 radical (unpaired) electrons. The molecule has 1 saturated heterocycles. The number of nitro benzene ring substituents is 1. The molecule has 1 fully saturated rings. The molecule has 0 unspecified atom stereocenters. The first kappa shape index (κ1) is 23.6. The van der Waals surface area contributed by atoms with Crippen molar-refractivity contribution in [1.82, 2.24) is 9.88 Å². The van der Waals surface area contributed by atoms with E-state index in [0.717, 1.165) is 35.5 Å². The van der Waals surface area contributed by atoms with E-state index in [-0.39, 0.29) is 23.5 Å². The number of ether oxygens (including phenoxy) is 1. The Labute approximate surface area is 190 Å². The third-order valence-corrected chi connectivity index (χ3v) is 6.01. The Morgan fingerprint density at radius 1 is 1.34 bits per heavy atom. The number of piperidine rings is 1. The van der Waals surface area contributed by atoms with E-state index in [1.165, 1.54) is 30.4 Å². The molecule has 170 valence electrons. The highest BCUT2D eigenvalue weighted by atomic mass is 32.1. The van der Waals surface area contributed by atoms with Crippen molar-refractivity contribution >= 4 is 46.2 Å². The van der Waals surface area contributed by atoms with Crippen LogP contribution in [0.2, 0.25) is 0 Å². The van der Waals surface area contributed by atoms with Crippen molar-refractivity contribution in [1.29, 1.82) is 0 Å². The second kappa shape index (κ2) is 11.0. The second-order valence-electron chi connectivity index (χ2n) is 7.52. The SMILES string of the molecule is CCOC(=O)[C@H]1CCCN(Cc2sc(NC(C)=O)nc2/C=C\c2ccc([N+](=O)[O-])cc2)C1. The van der Waals surface area contributed by atoms with Gasteiger partial charge in [-0.15, -0.1) is 0 Å². The number of anilines is 1. The fourth-order valence-electron chi connectivity index (χ4n) is 3.55. The fourth-order valence-corrected chi connectivity index (χ4v) is 4.59. The summed E-state index contributed by atoms with van der Waals surface area (Å²) in [6.07, 6.45) is 5.40. The van der Waals surface area contributed by atoms with E-state index in [1.807, 2.05) is 19.1 Å². The van der Waals surface area contributed by atoms with Gasteiger partial charge in [0.05, 0.1) is 23.1 Å². The molecule has 3 rings (SSSR count). The molecule has 1 atom stereocenters. The molecule has 1 aliphatic heterocycles. The van der Waals surface area contributed by atoms with E-state index in [0.29, 0.717) is 24.8 Å². The average Bonchev–Trinajstić information content (AvgIpc) is 3.13. The molecule has 2 aromatic rings. The molecule has 1 aromatic carbocycles. The Balaban J connectivity index is 1.77. The van der Waals surface area contributed by atoms with Crippen LogP contribution in [0.15, 0.2) is 24.3 Å². The number of nitrogens with zero attached hydrogens (tertiary/aromatic N) is 3. The summed E-state index contributed by atoms with van der Waals surface area (Å²) in [4.78, 5) is 41.7. The number of carbonyl (C=O) groups excluding carboxylic acids is 2. The van der Waals surface area contributed by atoms with Crippen molar-refractivity contribution in [2.45, 2.75) is 33.2 Å². The van der Waals surface area contributed by atoms with Crippen LogP contribution < -0.4 is 5.32 Å². The molecule has 1 amide bonds. The highest BCUT2D eigenvalue weighted by Gasteiger charge is 2.27. The number of amides is 1. The molecule has 0 bridgehead atoms. The topological polar surface area (TPSA) is 115 Å². The zero-order chi connectivity index (χ0) is 23.1. The van der Waals surface area contributed by atoms with Crippen molar-refractivity contribution in [2.24, 2.45) is 5.92 Å². The number of nitro groups is 1. The van der Waals surface area contributed by atoms with Crippen molar-refractivity contribution in [3.05, 3.63) is 50.5 Å². The van der Waals surface area contributed by atoms with Gasteiger partial charge in [-0.2, -0.15) is 0 Å². The highest BCUT2D eigenvalue weighted by Crippen LogP contribution is 2.28. The number of esters is 1. The van der Waals surface area contributed by atoms with Crippen molar-refractivity contribution in [3.63, 3.8) is 0 Å². The van der Waals surface area contributed by atoms with Crippen LogP contribution in [-0.2, 0) is 20.9 Å². The van der Waals surface area contributed by atoms with E-state index < -0.39 is 4.92 Å². The Morgan fingerprint density at radius 3 is 2.75 bits per heavy atom. The number of nitrogens with one attached hydrogen (secondary N) is 1. The second-order valence-corrected chi connectivity index (χ2v) is 8.60. The van der Waals surface area contributed by atoms with Crippen LogP contribution in [-0.4, -0.2) is 46.4 Å². The van der Waals surface area contributed by atoms with Crippen molar-refractivity contribution < 1.29 is 19.2 Å². The molecule has 2 heterocycles. The first-order valence-electron chi connectivity index (χ1n) is 10.4. The first-order valence-corrected chi connectivity index (χ1v) is 11.3. The summed E-state index contributed by atoms with van der Waals surface area (Å²) in [7, 11) is 0. The number of carbonyl (C=O) groups is 2. The zero-order valence-corrected chi connectivity index (χ0v) is 18.9. The summed E-state index contributed by atoms with van der Waals surface area (Å²) < 4.78 is 5.19. The van der Waals surface area contributed by atoms with Gasteiger partial charge in [0.15, 0.2) is 5.13 Å². The van der Waals surface area contributed by atoms with E-state index >= 15 is 0 Å². The molecule has 1 N–H and O–H groups in total. The monoisotopic (exact) mass is 458 g/mol. The molecule has 9 nitrogen and oxygen atoms in total. The molecule has 32 heavy (non-hydrogen) atoms. The number of non-ortho nitro benzene ring substituents is 1. The van der Waals surface area contributed by atoms with Gasteiger partial charge in [-0.25, -0.2) is 4.98 Å². The van der Waals surface area contributed by atoms with Crippen molar-refractivity contribution in [3.8, 4) is 0 Å². The highest BCUT2D eigenvalue weighted by molar-refractivity contribution is 7.16. The number of thiazole rings is 1. The molecular weight excluding hydrogens is 432 g/mol.